The molecule has 0 aliphatic rings. The topological polar surface area (TPSA) is 41.6 Å². The normalized spacial score (nSPS) is 11.8. The van der Waals surface area contributed by atoms with E-state index in [1.807, 2.05) is 0 Å². The van der Waals surface area contributed by atoms with Gasteiger partial charge in [-0.1, -0.05) is 0 Å². The Balaban J connectivity index is 2.51. The van der Waals surface area contributed by atoms with E-state index in [1.165, 1.54) is 6.07 Å². The van der Waals surface area contributed by atoms with Crippen LogP contribution in [0, 0.1) is 12.7 Å². The van der Waals surface area contributed by atoms with Gasteiger partial charge in [0.05, 0.1) is 5.56 Å². The largest absolute Gasteiger partial charge is 0.419 e. The molecule has 1 aromatic carbocycles. The lowest BCUT2D eigenvalue weighted by Crippen LogP contribution is -2.08. The number of H-pyrrole nitrogens is 1. The van der Waals surface area contributed by atoms with Gasteiger partial charge in [-0.15, -0.1) is 0 Å². The highest BCUT2D eigenvalue weighted by molar-refractivity contribution is 5.56. The zero-order valence-electron chi connectivity index (χ0n) is 8.64. The third kappa shape index (κ3) is 2.27. The van der Waals surface area contributed by atoms with Crippen molar-refractivity contribution < 1.29 is 17.6 Å². The summed E-state index contributed by atoms with van der Waals surface area (Å²) in [6, 6.07) is 2.65. The molecule has 0 fully saturated rings. The van der Waals surface area contributed by atoms with Crippen molar-refractivity contribution in [2.45, 2.75) is 13.1 Å². The van der Waals surface area contributed by atoms with E-state index in [0.717, 1.165) is 6.07 Å². The lowest BCUT2D eigenvalue weighted by atomic mass is 10.1. The number of aryl methyl sites for hydroxylation is 1. The fraction of sp³-hybridized carbons (Fsp3) is 0.200. The molecule has 2 aromatic rings. The first kappa shape index (κ1) is 11.6. The van der Waals surface area contributed by atoms with Gasteiger partial charge in [-0.3, -0.25) is 5.10 Å². The van der Waals surface area contributed by atoms with Crippen molar-refractivity contribution in [3.8, 4) is 11.4 Å². The van der Waals surface area contributed by atoms with Crippen molar-refractivity contribution in [1.29, 1.82) is 0 Å². The molecular formula is C10H7F4N3. The van der Waals surface area contributed by atoms with E-state index >= 15 is 0 Å². The van der Waals surface area contributed by atoms with Crippen LogP contribution in [0.25, 0.3) is 11.4 Å². The number of rotatable bonds is 1. The number of benzene rings is 1. The highest BCUT2D eigenvalue weighted by Crippen LogP contribution is 2.33. The molecule has 17 heavy (non-hydrogen) atoms. The molecule has 1 N–H and O–H groups in total. The van der Waals surface area contributed by atoms with Crippen LogP contribution in [0.2, 0.25) is 0 Å². The van der Waals surface area contributed by atoms with Gasteiger partial charge >= 0.3 is 6.18 Å². The second kappa shape index (κ2) is 3.83. The predicted molar refractivity (Wildman–Crippen MR) is 51.5 cm³/mol. The summed E-state index contributed by atoms with van der Waals surface area (Å²) in [5.74, 6) is -0.737. The average molecular weight is 245 g/mol. The van der Waals surface area contributed by atoms with Gasteiger partial charge in [0, 0.05) is 5.56 Å². The van der Waals surface area contributed by atoms with Crippen LogP contribution in [-0.4, -0.2) is 15.2 Å². The molecule has 3 nitrogen and oxygen atoms in total. The highest BCUT2D eigenvalue weighted by Gasteiger charge is 2.34. The van der Waals surface area contributed by atoms with E-state index in [1.54, 1.807) is 6.92 Å². The maximum Gasteiger partial charge on any atom is 0.419 e. The number of alkyl halides is 3. The van der Waals surface area contributed by atoms with Crippen LogP contribution in [0.1, 0.15) is 11.4 Å². The standard InChI is InChI=1S/C10H7F4N3/c1-5-15-9(17-16-5)6-2-3-8(11)7(4-6)10(12,13)14/h2-4H,1H3,(H,15,16,17). The Morgan fingerprint density at radius 2 is 1.94 bits per heavy atom. The Labute approximate surface area is 93.5 Å². The summed E-state index contributed by atoms with van der Waals surface area (Å²) in [5, 5.41) is 6.22. The molecule has 0 saturated carbocycles. The second-order valence-electron chi connectivity index (χ2n) is 3.44. The van der Waals surface area contributed by atoms with Crippen molar-refractivity contribution in [3.05, 3.63) is 35.4 Å². The Morgan fingerprint density at radius 1 is 1.24 bits per heavy atom. The molecule has 0 spiro atoms. The summed E-state index contributed by atoms with van der Waals surface area (Å²) in [7, 11) is 0. The number of nitrogens with one attached hydrogen (secondary N) is 1. The number of hydrogen-bond donors (Lipinski definition) is 1. The summed E-state index contributed by atoms with van der Waals surface area (Å²) in [5.41, 5.74) is -1.21. The SMILES string of the molecule is Cc1nc(-c2ccc(F)c(C(F)(F)F)c2)n[nH]1. The Hall–Kier alpha value is -1.92. The fourth-order valence-electron chi connectivity index (χ4n) is 1.35. The first-order valence-corrected chi connectivity index (χ1v) is 4.64. The number of halogens is 4. The highest BCUT2D eigenvalue weighted by atomic mass is 19.4. The molecule has 0 bridgehead atoms. The van der Waals surface area contributed by atoms with Crippen molar-refractivity contribution in [1.82, 2.24) is 15.2 Å². The third-order valence-corrected chi connectivity index (χ3v) is 2.13. The van der Waals surface area contributed by atoms with Crippen LogP contribution in [0.15, 0.2) is 18.2 Å². The van der Waals surface area contributed by atoms with Crippen molar-refractivity contribution >= 4 is 0 Å². The van der Waals surface area contributed by atoms with E-state index in [0.29, 0.717) is 11.9 Å². The Morgan fingerprint density at radius 3 is 2.47 bits per heavy atom. The minimum absolute atomic E-state index is 0.105. The van der Waals surface area contributed by atoms with E-state index < -0.39 is 17.6 Å². The van der Waals surface area contributed by atoms with Gasteiger partial charge in [0.15, 0.2) is 5.82 Å². The number of aromatic amines is 1. The maximum atomic E-state index is 13.0. The summed E-state index contributed by atoms with van der Waals surface area (Å²) in [4.78, 5) is 3.88. The summed E-state index contributed by atoms with van der Waals surface area (Å²) in [6.07, 6.45) is -4.73. The summed E-state index contributed by atoms with van der Waals surface area (Å²) < 4.78 is 50.4. The molecule has 2 rings (SSSR count). The predicted octanol–water partition coefficient (Wildman–Crippen LogP) is 2.94. The average Bonchev–Trinajstić information content (AvgIpc) is 2.64. The van der Waals surface area contributed by atoms with Gasteiger partial charge in [0.1, 0.15) is 11.6 Å². The van der Waals surface area contributed by atoms with Crippen molar-refractivity contribution in [2.75, 3.05) is 0 Å². The maximum absolute atomic E-state index is 13.0. The summed E-state index contributed by atoms with van der Waals surface area (Å²) in [6.45, 7) is 1.62. The number of hydrogen-bond acceptors (Lipinski definition) is 2. The molecule has 0 amide bonds. The van der Waals surface area contributed by atoms with Gasteiger partial charge in [0.2, 0.25) is 0 Å². The molecule has 0 atom stereocenters. The molecule has 1 heterocycles. The van der Waals surface area contributed by atoms with Crippen LogP contribution in [0.3, 0.4) is 0 Å². The number of nitrogens with zero attached hydrogens (tertiary/aromatic N) is 2. The van der Waals surface area contributed by atoms with E-state index in [2.05, 4.69) is 15.2 Å². The third-order valence-electron chi connectivity index (χ3n) is 2.13. The Bertz CT molecular complexity index is 545. The van der Waals surface area contributed by atoms with Crippen LogP contribution < -0.4 is 0 Å². The van der Waals surface area contributed by atoms with Crippen molar-refractivity contribution in [2.24, 2.45) is 0 Å². The van der Waals surface area contributed by atoms with Crippen LogP contribution in [0.4, 0.5) is 17.6 Å². The second-order valence-corrected chi connectivity index (χ2v) is 3.44. The van der Waals surface area contributed by atoms with Crippen LogP contribution in [-0.2, 0) is 6.18 Å². The number of aromatic nitrogens is 3. The molecule has 0 unspecified atom stereocenters. The minimum atomic E-state index is -4.73. The van der Waals surface area contributed by atoms with Gasteiger partial charge in [0.25, 0.3) is 0 Å². The molecule has 0 aliphatic heterocycles. The summed E-state index contributed by atoms with van der Waals surface area (Å²) >= 11 is 0. The van der Waals surface area contributed by atoms with E-state index in [-0.39, 0.29) is 11.4 Å². The lowest BCUT2D eigenvalue weighted by Gasteiger charge is -2.08. The first-order valence-electron chi connectivity index (χ1n) is 4.64. The fourth-order valence-corrected chi connectivity index (χ4v) is 1.35. The quantitative estimate of drug-likeness (QED) is 0.785. The monoisotopic (exact) mass is 245 g/mol. The van der Waals surface area contributed by atoms with Gasteiger partial charge in [-0.25, -0.2) is 9.37 Å². The van der Waals surface area contributed by atoms with Crippen molar-refractivity contribution in [3.63, 3.8) is 0 Å². The Kier molecular flexibility index (Phi) is 2.60. The molecule has 90 valence electrons. The first-order chi connectivity index (χ1) is 7.88. The molecule has 1 aromatic heterocycles. The zero-order chi connectivity index (χ0) is 12.6. The van der Waals surface area contributed by atoms with Gasteiger partial charge in [-0.05, 0) is 25.1 Å². The molecule has 7 heteroatoms. The molecular weight excluding hydrogens is 238 g/mol. The molecule has 0 radical (unpaired) electrons. The lowest BCUT2D eigenvalue weighted by molar-refractivity contribution is -0.139. The van der Waals surface area contributed by atoms with Crippen LogP contribution >= 0.6 is 0 Å². The smallest absolute Gasteiger partial charge is 0.263 e. The molecule has 0 aliphatic carbocycles. The molecule has 0 saturated heterocycles. The van der Waals surface area contributed by atoms with Gasteiger partial charge < -0.3 is 0 Å². The van der Waals surface area contributed by atoms with E-state index in [4.69, 9.17) is 0 Å². The van der Waals surface area contributed by atoms with Gasteiger partial charge in [-0.2, -0.15) is 18.3 Å². The van der Waals surface area contributed by atoms with E-state index in [9.17, 15) is 17.6 Å². The van der Waals surface area contributed by atoms with Crippen LogP contribution in [0.5, 0.6) is 0 Å². The minimum Gasteiger partial charge on any atom is -0.263 e. The zero-order valence-corrected chi connectivity index (χ0v) is 8.64.